The molecule has 66 valence electrons. The van der Waals surface area contributed by atoms with Gasteiger partial charge in [-0.1, -0.05) is 0 Å². The van der Waals surface area contributed by atoms with E-state index < -0.39 is 0 Å². The smallest absolute Gasteiger partial charge is 0.256 e. The van der Waals surface area contributed by atoms with Gasteiger partial charge in [0.2, 0.25) is 0 Å². The maximum absolute atomic E-state index is 11.3. The number of hydrogen-bond acceptors (Lipinski definition) is 3. The normalized spacial score (nSPS) is 18.1. The molecule has 0 radical (unpaired) electrons. The van der Waals surface area contributed by atoms with Crippen LogP contribution in [0.25, 0.3) is 0 Å². The summed E-state index contributed by atoms with van der Waals surface area (Å²) in [6.45, 7) is 3.95. The molecule has 12 heavy (non-hydrogen) atoms. The number of hydrogen-bond donors (Lipinski definition) is 1. The van der Waals surface area contributed by atoms with Crippen LogP contribution < -0.4 is 5.73 Å². The van der Waals surface area contributed by atoms with Crippen molar-refractivity contribution < 1.29 is 9.59 Å². The van der Waals surface area contributed by atoms with Crippen molar-refractivity contribution in [2.45, 2.75) is 13.8 Å². The number of rotatable bonds is 2. The van der Waals surface area contributed by atoms with Crippen LogP contribution in [-0.2, 0) is 9.59 Å². The minimum atomic E-state index is -0.206. The Morgan fingerprint density at radius 3 is 1.92 bits per heavy atom. The van der Waals surface area contributed by atoms with E-state index in [9.17, 15) is 9.59 Å². The van der Waals surface area contributed by atoms with Crippen molar-refractivity contribution in [2.24, 2.45) is 5.73 Å². The maximum atomic E-state index is 11.3. The number of nitrogens with zero attached hydrogens (tertiary/aromatic N) is 1. The lowest BCUT2D eigenvalue weighted by Crippen LogP contribution is -2.35. The molecule has 0 saturated heterocycles. The lowest BCUT2D eigenvalue weighted by Gasteiger charge is -2.12. The second kappa shape index (κ2) is 3.06. The second-order valence-corrected chi connectivity index (χ2v) is 2.80. The molecular formula is C8H12N2O2. The van der Waals surface area contributed by atoms with E-state index in [1.165, 1.54) is 4.90 Å². The summed E-state index contributed by atoms with van der Waals surface area (Å²) in [5.74, 6) is -0.411. The molecular weight excluding hydrogens is 156 g/mol. The fraction of sp³-hybridized carbons (Fsp3) is 0.500. The molecule has 2 N–H and O–H groups in total. The molecule has 4 heteroatoms. The molecule has 0 fully saturated rings. The van der Waals surface area contributed by atoms with Crippen molar-refractivity contribution in [3.05, 3.63) is 11.1 Å². The Morgan fingerprint density at radius 2 is 1.58 bits per heavy atom. The minimum Gasteiger partial charge on any atom is -0.329 e. The number of imide groups is 1. The van der Waals surface area contributed by atoms with Gasteiger partial charge in [0.05, 0.1) is 0 Å². The van der Waals surface area contributed by atoms with E-state index in [1.807, 2.05) is 0 Å². The van der Waals surface area contributed by atoms with Gasteiger partial charge >= 0.3 is 0 Å². The van der Waals surface area contributed by atoms with Gasteiger partial charge in [-0.25, -0.2) is 0 Å². The Balaban J connectivity index is 2.88. The highest BCUT2D eigenvalue weighted by Gasteiger charge is 2.32. The average molecular weight is 168 g/mol. The Kier molecular flexibility index (Phi) is 2.28. The molecule has 4 nitrogen and oxygen atoms in total. The van der Waals surface area contributed by atoms with Crippen molar-refractivity contribution in [3.63, 3.8) is 0 Å². The molecule has 0 bridgehead atoms. The molecule has 1 aliphatic rings. The van der Waals surface area contributed by atoms with E-state index in [-0.39, 0.29) is 11.8 Å². The lowest BCUT2D eigenvalue weighted by atomic mass is 10.2. The quantitative estimate of drug-likeness (QED) is 0.573. The van der Waals surface area contributed by atoms with Crippen LogP contribution in [0.3, 0.4) is 0 Å². The predicted molar refractivity (Wildman–Crippen MR) is 44.1 cm³/mol. The summed E-state index contributed by atoms with van der Waals surface area (Å²) in [7, 11) is 0. The van der Waals surface area contributed by atoms with Crippen LogP contribution in [0.4, 0.5) is 0 Å². The first-order valence-corrected chi connectivity index (χ1v) is 3.83. The fourth-order valence-electron chi connectivity index (χ4n) is 1.15. The highest BCUT2D eigenvalue weighted by Crippen LogP contribution is 2.18. The van der Waals surface area contributed by atoms with Gasteiger partial charge in [0.15, 0.2) is 0 Å². The first-order valence-electron chi connectivity index (χ1n) is 3.83. The van der Waals surface area contributed by atoms with Gasteiger partial charge in [-0.2, -0.15) is 0 Å². The Labute approximate surface area is 71.0 Å². The zero-order chi connectivity index (χ0) is 9.30. The first kappa shape index (κ1) is 8.93. The minimum absolute atomic E-state index is 0.206. The van der Waals surface area contributed by atoms with E-state index in [0.717, 1.165) is 0 Å². The van der Waals surface area contributed by atoms with Crippen molar-refractivity contribution >= 4 is 11.8 Å². The summed E-state index contributed by atoms with van der Waals surface area (Å²) in [5.41, 5.74) is 6.33. The standard InChI is InChI=1S/C8H12N2O2/c1-5-6(2)8(12)10(4-3-9)7(5)11/h3-4,9H2,1-2H3. The summed E-state index contributed by atoms with van der Waals surface area (Å²) >= 11 is 0. The molecule has 2 amide bonds. The van der Waals surface area contributed by atoms with E-state index in [2.05, 4.69) is 0 Å². The van der Waals surface area contributed by atoms with E-state index >= 15 is 0 Å². The molecule has 0 aromatic heterocycles. The van der Waals surface area contributed by atoms with Gasteiger partial charge in [-0.15, -0.1) is 0 Å². The van der Waals surface area contributed by atoms with Crippen molar-refractivity contribution in [2.75, 3.05) is 13.1 Å². The second-order valence-electron chi connectivity index (χ2n) is 2.80. The van der Waals surface area contributed by atoms with Crippen molar-refractivity contribution in [3.8, 4) is 0 Å². The third kappa shape index (κ3) is 1.14. The number of nitrogens with two attached hydrogens (primary N) is 1. The topological polar surface area (TPSA) is 63.4 Å². The molecule has 0 saturated carbocycles. The monoisotopic (exact) mass is 168 g/mol. The number of carbonyl (C=O) groups is 2. The van der Waals surface area contributed by atoms with Crippen LogP contribution >= 0.6 is 0 Å². The molecule has 0 aromatic rings. The van der Waals surface area contributed by atoms with E-state index in [0.29, 0.717) is 24.2 Å². The molecule has 1 rings (SSSR count). The average Bonchev–Trinajstić information content (AvgIpc) is 2.23. The fourth-order valence-corrected chi connectivity index (χ4v) is 1.15. The van der Waals surface area contributed by atoms with Gasteiger partial charge in [0, 0.05) is 24.2 Å². The van der Waals surface area contributed by atoms with Crippen LogP contribution in [0.2, 0.25) is 0 Å². The molecule has 1 aliphatic heterocycles. The third-order valence-electron chi connectivity index (χ3n) is 2.05. The highest BCUT2D eigenvalue weighted by molar-refractivity contribution is 6.18. The Hall–Kier alpha value is -1.16. The molecule has 0 atom stereocenters. The van der Waals surface area contributed by atoms with Gasteiger partial charge in [-0.3, -0.25) is 14.5 Å². The third-order valence-corrected chi connectivity index (χ3v) is 2.05. The number of carbonyl (C=O) groups excluding carboxylic acids is 2. The van der Waals surface area contributed by atoms with Crippen molar-refractivity contribution in [1.29, 1.82) is 0 Å². The summed E-state index contributed by atoms with van der Waals surface area (Å²) in [4.78, 5) is 23.8. The van der Waals surface area contributed by atoms with Gasteiger partial charge in [0.1, 0.15) is 0 Å². The summed E-state index contributed by atoms with van der Waals surface area (Å²) in [5, 5.41) is 0. The highest BCUT2D eigenvalue weighted by atomic mass is 16.2. The summed E-state index contributed by atoms with van der Waals surface area (Å²) in [6, 6.07) is 0. The largest absolute Gasteiger partial charge is 0.329 e. The van der Waals surface area contributed by atoms with Gasteiger partial charge in [0.25, 0.3) is 11.8 Å². The zero-order valence-corrected chi connectivity index (χ0v) is 7.26. The Morgan fingerprint density at radius 1 is 1.17 bits per heavy atom. The number of amides is 2. The maximum Gasteiger partial charge on any atom is 0.256 e. The van der Waals surface area contributed by atoms with Gasteiger partial charge in [-0.05, 0) is 13.8 Å². The first-order chi connectivity index (χ1) is 5.59. The molecule has 0 aromatic carbocycles. The van der Waals surface area contributed by atoms with Crippen LogP contribution in [-0.4, -0.2) is 29.8 Å². The Bertz CT molecular complexity index is 244. The predicted octanol–water partition coefficient (Wildman–Crippen LogP) is -0.350. The van der Waals surface area contributed by atoms with Crippen LogP contribution in [0, 0.1) is 0 Å². The van der Waals surface area contributed by atoms with Crippen LogP contribution in [0.15, 0.2) is 11.1 Å². The molecule has 1 heterocycles. The SMILES string of the molecule is CC1=C(C)C(=O)N(CCN)C1=O. The molecule has 0 aliphatic carbocycles. The summed E-state index contributed by atoms with van der Waals surface area (Å²) in [6.07, 6.45) is 0. The van der Waals surface area contributed by atoms with E-state index in [4.69, 9.17) is 5.73 Å². The van der Waals surface area contributed by atoms with Crippen LogP contribution in [0.1, 0.15) is 13.8 Å². The summed E-state index contributed by atoms with van der Waals surface area (Å²) < 4.78 is 0. The van der Waals surface area contributed by atoms with Crippen LogP contribution in [0.5, 0.6) is 0 Å². The molecule has 0 unspecified atom stereocenters. The zero-order valence-electron chi connectivity index (χ0n) is 7.26. The van der Waals surface area contributed by atoms with Gasteiger partial charge < -0.3 is 5.73 Å². The van der Waals surface area contributed by atoms with E-state index in [1.54, 1.807) is 13.8 Å². The molecule has 0 spiro atoms. The lowest BCUT2D eigenvalue weighted by molar-refractivity contribution is -0.137. The van der Waals surface area contributed by atoms with Crippen molar-refractivity contribution in [1.82, 2.24) is 4.90 Å².